The molecule has 0 fully saturated rings. The fraction of sp³-hybridized carbons (Fsp3) is 0.915. The predicted molar refractivity (Wildman–Crippen MR) is 286 cm³/mol. The molecule has 0 saturated carbocycles. The van der Waals surface area contributed by atoms with Gasteiger partial charge in [-0.15, -0.1) is 0 Å². The molecule has 0 amide bonds. The van der Waals surface area contributed by atoms with Crippen molar-refractivity contribution in [2.24, 2.45) is 0 Å². The molecule has 0 aromatic rings. The zero-order valence-electron chi connectivity index (χ0n) is 45.6. The van der Waals surface area contributed by atoms with Gasteiger partial charge in [-0.25, -0.2) is 4.79 Å². The van der Waals surface area contributed by atoms with Crippen LogP contribution in [-0.2, 0) is 28.6 Å². The molecular formula is C59H113NO8. The summed E-state index contributed by atoms with van der Waals surface area (Å²) in [5.74, 6) is -0.564. The van der Waals surface area contributed by atoms with Crippen LogP contribution in [0.2, 0.25) is 0 Å². The minimum atomic E-state index is -1.09. The summed E-state index contributed by atoms with van der Waals surface area (Å²) in [6.07, 6.45) is 46.4. The Labute approximate surface area is 420 Å². The van der Waals surface area contributed by atoms with E-state index < -0.39 is 18.2 Å². The van der Waals surface area contributed by atoms with E-state index in [2.05, 4.69) is 32.6 Å². The number of hydrogen-bond donors (Lipinski definition) is 2. The number of ether oxygens (including phenoxy) is 3. The summed E-state index contributed by atoms with van der Waals surface area (Å²) in [4.78, 5) is 40.6. The monoisotopic (exact) mass is 964 g/mol. The Kier molecular flexibility index (Phi) is 49.9. The van der Waals surface area contributed by atoms with Crippen molar-refractivity contribution in [3.8, 4) is 0 Å². The number of esters is 3. The average Bonchev–Trinajstić information content (AvgIpc) is 3.33. The highest BCUT2D eigenvalue weighted by molar-refractivity contribution is 5.82. The second-order valence-corrected chi connectivity index (χ2v) is 20.3. The van der Waals surface area contributed by atoms with E-state index in [-0.39, 0.29) is 30.8 Å². The molecule has 0 aromatic carbocycles. The van der Waals surface area contributed by atoms with Crippen LogP contribution in [0.15, 0.2) is 12.2 Å². The van der Waals surface area contributed by atoms with E-state index >= 15 is 0 Å². The molecule has 0 aliphatic heterocycles. The number of hydrogen-bond acceptors (Lipinski definition) is 9. The molecule has 0 aromatic heterocycles. The minimum absolute atomic E-state index is 0.0234. The van der Waals surface area contributed by atoms with Gasteiger partial charge in [0.15, 0.2) is 0 Å². The van der Waals surface area contributed by atoms with Gasteiger partial charge in [-0.2, -0.15) is 0 Å². The normalized spacial score (nSPS) is 12.7. The fourth-order valence-electron chi connectivity index (χ4n) is 9.10. The first-order chi connectivity index (χ1) is 33.2. The van der Waals surface area contributed by atoms with E-state index in [0.29, 0.717) is 25.8 Å². The Balaban J connectivity index is 4.84. The fourth-order valence-corrected chi connectivity index (χ4v) is 9.10. The number of carbonyl (C=O) groups excluding carboxylic acids is 3. The summed E-state index contributed by atoms with van der Waals surface area (Å²) in [5.41, 5.74) is 0. The van der Waals surface area contributed by atoms with Crippen molar-refractivity contribution < 1.29 is 38.8 Å². The molecule has 0 heterocycles. The molecule has 9 heteroatoms. The van der Waals surface area contributed by atoms with Gasteiger partial charge in [0.1, 0.15) is 18.8 Å². The molecule has 0 aliphatic rings. The first-order valence-electron chi connectivity index (χ1n) is 29.5. The van der Waals surface area contributed by atoms with Crippen LogP contribution >= 0.6 is 0 Å². The molecule has 0 saturated heterocycles. The van der Waals surface area contributed by atoms with Crippen molar-refractivity contribution in [2.45, 2.75) is 322 Å². The highest BCUT2D eigenvalue weighted by Crippen LogP contribution is 2.20. The molecule has 0 spiro atoms. The third-order valence-electron chi connectivity index (χ3n) is 13.7. The molecule has 402 valence electrons. The number of nitrogens with zero attached hydrogens (tertiary/aromatic N) is 1. The van der Waals surface area contributed by atoms with Gasteiger partial charge in [0, 0.05) is 25.5 Å². The average molecular weight is 965 g/mol. The standard InChI is InChI=1S/C59H113NO8/c1-6-11-15-19-25-33-41-53(42-34-26-20-16-12-7-2)67-58(64)45-37-29-23-31-39-49-60(51-52-66-57(63)48-47-56(62)55(61)10-5)50-40-32-24-30-38-46-59(65)68-54(43-35-27-21-17-13-8-3)44-36-28-22-18-14-9-4/h47-48,53-56,61-62H,6-46,49-52H2,1-5H3/b48-47+. The van der Waals surface area contributed by atoms with Crippen LogP contribution in [0.4, 0.5) is 0 Å². The Morgan fingerprint density at radius 3 is 1.10 bits per heavy atom. The second kappa shape index (κ2) is 51.4. The molecular weight excluding hydrogens is 851 g/mol. The van der Waals surface area contributed by atoms with Crippen molar-refractivity contribution in [1.29, 1.82) is 0 Å². The lowest BCUT2D eigenvalue weighted by atomic mass is 10.0. The van der Waals surface area contributed by atoms with Crippen molar-refractivity contribution >= 4 is 17.9 Å². The number of unbranched alkanes of at least 4 members (excludes halogenated alkanes) is 28. The van der Waals surface area contributed by atoms with Gasteiger partial charge in [-0.3, -0.25) is 14.5 Å². The highest BCUT2D eigenvalue weighted by Gasteiger charge is 2.17. The Hall–Kier alpha value is -1.97. The molecule has 0 rings (SSSR count). The van der Waals surface area contributed by atoms with Crippen molar-refractivity contribution in [2.75, 3.05) is 26.2 Å². The summed E-state index contributed by atoms with van der Waals surface area (Å²) < 4.78 is 17.6. The number of rotatable bonds is 53. The third-order valence-corrected chi connectivity index (χ3v) is 13.7. The van der Waals surface area contributed by atoms with Gasteiger partial charge >= 0.3 is 17.9 Å². The highest BCUT2D eigenvalue weighted by atomic mass is 16.5. The topological polar surface area (TPSA) is 123 Å². The van der Waals surface area contributed by atoms with Crippen LogP contribution in [0, 0.1) is 0 Å². The smallest absolute Gasteiger partial charge is 0.330 e. The Bertz CT molecular complexity index is 1040. The van der Waals surface area contributed by atoms with E-state index in [0.717, 1.165) is 129 Å². The van der Waals surface area contributed by atoms with E-state index in [1.165, 1.54) is 141 Å². The summed E-state index contributed by atoms with van der Waals surface area (Å²) in [5, 5.41) is 19.8. The molecule has 2 unspecified atom stereocenters. The van der Waals surface area contributed by atoms with Crippen molar-refractivity contribution in [3.63, 3.8) is 0 Å². The van der Waals surface area contributed by atoms with Gasteiger partial charge in [-0.05, 0) is 103 Å². The van der Waals surface area contributed by atoms with Gasteiger partial charge in [0.25, 0.3) is 0 Å². The van der Waals surface area contributed by atoms with Crippen molar-refractivity contribution in [1.82, 2.24) is 4.90 Å². The molecule has 2 N–H and O–H groups in total. The van der Waals surface area contributed by atoms with Gasteiger partial charge in [-0.1, -0.05) is 202 Å². The van der Waals surface area contributed by atoms with Crippen LogP contribution in [0.5, 0.6) is 0 Å². The first-order valence-corrected chi connectivity index (χ1v) is 29.5. The summed E-state index contributed by atoms with van der Waals surface area (Å²) in [6, 6.07) is 0. The number of aliphatic hydroxyl groups is 2. The molecule has 0 aliphatic carbocycles. The molecule has 2 atom stereocenters. The van der Waals surface area contributed by atoms with E-state index in [9.17, 15) is 24.6 Å². The van der Waals surface area contributed by atoms with E-state index in [4.69, 9.17) is 14.2 Å². The Morgan fingerprint density at radius 2 is 0.750 bits per heavy atom. The lowest BCUT2D eigenvalue weighted by Gasteiger charge is -2.22. The third kappa shape index (κ3) is 45.2. The van der Waals surface area contributed by atoms with Crippen LogP contribution in [0.1, 0.15) is 298 Å². The van der Waals surface area contributed by atoms with Crippen molar-refractivity contribution in [3.05, 3.63) is 12.2 Å². The quantitative estimate of drug-likeness (QED) is 0.0265. The SMILES string of the molecule is CCCCCCCCC(CCCCCCCC)OC(=O)CCCCCCCN(CCCCCCCC(=O)OC(CCCCCCCC)CCCCCCCC)CCOC(=O)/C=C/C(O)C(O)CC. The van der Waals surface area contributed by atoms with Gasteiger partial charge in [0.05, 0.1) is 12.2 Å². The maximum Gasteiger partial charge on any atom is 0.330 e. The second-order valence-electron chi connectivity index (χ2n) is 20.3. The lowest BCUT2D eigenvalue weighted by molar-refractivity contribution is -0.151. The zero-order chi connectivity index (χ0) is 50.0. The van der Waals surface area contributed by atoms with Gasteiger partial charge in [0.2, 0.25) is 0 Å². The largest absolute Gasteiger partial charge is 0.462 e. The minimum Gasteiger partial charge on any atom is -0.462 e. The van der Waals surface area contributed by atoms with Crippen LogP contribution in [-0.4, -0.2) is 83.7 Å². The summed E-state index contributed by atoms with van der Waals surface area (Å²) >= 11 is 0. The van der Waals surface area contributed by atoms with E-state index in [1.54, 1.807) is 6.92 Å². The maximum absolute atomic E-state index is 12.9. The maximum atomic E-state index is 12.9. The van der Waals surface area contributed by atoms with Crippen LogP contribution < -0.4 is 0 Å². The van der Waals surface area contributed by atoms with Crippen LogP contribution in [0.3, 0.4) is 0 Å². The summed E-state index contributed by atoms with van der Waals surface area (Å²) in [6.45, 7) is 13.5. The Morgan fingerprint density at radius 1 is 0.426 bits per heavy atom. The lowest BCUT2D eigenvalue weighted by Crippen LogP contribution is -2.30. The number of carbonyl (C=O) groups is 3. The number of aliphatic hydroxyl groups excluding tert-OH is 2. The zero-order valence-corrected chi connectivity index (χ0v) is 45.6. The van der Waals surface area contributed by atoms with Crippen LogP contribution in [0.25, 0.3) is 0 Å². The molecule has 0 radical (unpaired) electrons. The predicted octanol–water partition coefficient (Wildman–Crippen LogP) is 16.0. The first kappa shape index (κ1) is 66.0. The molecule has 9 nitrogen and oxygen atoms in total. The summed E-state index contributed by atoms with van der Waals surface area (Å²) in [7, 11) is 0. The molecule has 0 bridgehead atoms. The molecule has 68 heavy (non-hydrogen) atoms. The van der Waals surface area contributed by atoms with E-state index in [1.807, 2.05) is 0 Å². The van der Waals surface area contributed by atoms with Gasteiger partial charge < -0.3 is 24.4 Å².